The lowest BCUT2D eigenvalue weighted by Crippen LogP contribution is -2.24. The molecule has 3 heteroatoms. The molecule has 0 heterocycles. The Morgan fingerprint density at radius 2 is 1.93 bits per heavy atom. The van der Waals surface area contributed by atoms with Crippen LogP contribution >= 0.6 is 0 Å². The largest absolute Gasteiger partial charge is 0.507 e. The van der Waals surface area contributed by atoms with Crippen molar-refractivity contribution in [3.63, 3.8) is 0 Å². The highest BCUT2D eigenvalue weighted by Crippen LogP contribution is 2.23. The predicted octanol–water partition coefficient (Wildman–Crippen LogP) is 2.66. The Bertz CT molecular complexity index is 355. The van der Waals surface area contributed by atoms with Crippen molar-refractivity contribution >= 4 is 5.97 Å². The normalized spacial score (nSPS) is 11.2. The monoisotopic (exact) mass is 208 g/mol. The van der Waals surface area contributed by atoms with Gasteiger partial charge in [-0.15, -0.1) is 0 Å². The van der Waals surface area contributed by atoms with E-state index < -0.39 is 11.6 Å². The first kappa shape index (κ1) is 11.6. The van der Waals surface area contributed by atoms with E-state index >= 15 is 0 Å². The van der Waals surface area contributed by atoms with Crippen LogP contribution in [0.2, 0.25) is 0 Å². The highest BCUT2D eigenvalue weighted by Gasteiger charge is 2.21. The molecule has 0 aliphatic rings. The Morgan fingerprint density at radius 1 is 1.33 bits per heavy atom. The zero-order valence-electron chi connectivity index (χ0n) is 9.50. The van der Waals surface area contributed by atoms with Gasteiger partial charge in [-0.1, -0.05) is 12.1 Å². The number of phenols is 1. The maximum absolute atomic E-state index is 11.7. The van der Waals surface area contributed by atoms with Crippen molar-refractivity contribution in [2.24, 2.45) is 0 Å². The summed E-state index contributed by atoms with van der Waals surface area (Å²) in [5, 5.41) is 9.56. The molecule has 15 heavy (non-hydrogen) atoms. The quantitative estimate of drug-likeness (QED) is 0.722. The van der Waals surface area contributed by atoms with Crippen LogP contribution in [0.25, 0.3) is 0 Å². The lowest BCUT2D eigenvalue weighted by Gasteiger charge is -2.20. The number of carbonyl (C=O) groups is 1. The Morgan fingerprint density at radius 3 is 2.40 bits per heavy atom. The van der Waals surface area contributed by atoms with E-state index in [9.17, 15) is 9.90 Å². The van der Waals surface area contributed by atoms with Gasteiger partial charge in [0, 0.05) is 0 Å². The van der Waals surface area contributed by atoms with Crippen molar-refractivity contribution in [2.75, 3.05) is 0 Å². The fraction of sp³-hybridized carbons (Fsp3) is 0.417. The summed E-state index contributed by atoms with van der Waals surface area (Å²) in [6.07, 6.45) is 0. The molecule has 0 aliphatic carbocycles. The first-order valence-corrected chi connectivity index (χ1v) is 4.83. The van der Waals surface area contributed by atoms with Crippen LogP contribution in [-0.2, 0) is 4.74 Å². The second-order valence-corrected chi connectivity index (χ2v) is 4.47. The van der Waals surface area contributed by atoms with Gasteiger partial charge in [0.2, 0.25) is 0 Å². The zero-order chi connectivity index (χ0) is 11.6. The summed E-state index contributed by atoms with van der Waals surface area (Å²) in [6.45, 7) is 7.14. The molecule has 1 aromatic rings. The third-order valence-corrected chi connectivity index (χ3v) is 1.85. The fourth-order valence-electron chi connectivity index (χ4n) is 1.25. The van der Waals surface area contributed by atoms with Gasteiger partial charge in [-0.05, 0) is 39.3 Å². The molecule has 0 spiro atoms. The molecule has 1 aromatic carbocycles. The standard InChI is InChI=1S/C12H16O3/c1-8-6-5-7-9(13)10(8)11(14)15-12(2,3)4/h5-7,13H,1-4H3. The van der Waals surface area contributed by atoms with Crippen LogP contribution in [-0.4, -0.2) is 16.7 Å². The molecule has 82 valence electrons. The highest BCUT2D eigenvalue weighted by molar-refractivity contribution is 5.94. The lowest BCUT2D eigenvalue weighted by molar-refractivity contribution is 0.00660. The maximum Gasteiger partial charge on any atom is 0.342 e. The fourth-order valence-corrected chi connectivity index (χ4v) is 1.25. The van der Waals surface area contributed by atoms with Gasteiger partial charge in [-0.3, -0.25) is 0 Å². The Kier molecular flexibility index (Phi) is 3.03. The van der Waals surface area contributed by atoms with Gasteiger partial charge in [0.25, 0.3) is 0 Å². The first-order chi connectivity index (χ1) is 6.81. The molecule has 0 bridgehead atoms. The summed E-state index contributed by atoms with van der Waals surface area (Å²) in [7, 11) is 0. The molecule has 0 fully saturated rings. The minimum atomic E-state index is -0.550. The number of hydrogen-bond donors (Lipinski definition) is 1. The molecule has 0 atom stereocenters. The molecule has 1 rings (SSSR count). The van der Waals surface area contributed by atoms with Crippen LogP contribution in [0.15, 0.2) is 18.2 Å². The van der Waals surface area contributed by atoms with E-state index in [2.05, 4.69) is 0 Å². The Balaban J connectivity index is 3.02. The van der Waals surface area contributed by atoms with E-state index in [0.29, 0.717) is 5.56 Å². The van der Waals surface area contributed by atoms with Gasteiger partial charge in [0.15, 0.2) is 0 Å². The summed E-state index contributed by atoms with van der Waals surface area (Å²) in [4.78, 5) is 11.7. The third-order valence-electron chi connectivity index (χ3n) is 1.85. The van der Waals surface area contributed by atoms with Crippen LogP contribution in [0.1, 0.15) is 36.7 Å². The van der Waals surface area contributed by atoms with Crippen LogP contribution < -0.4 is 0 Å². The van der Waals surface area contributed by atoms with Crippen molar-refractivity contribution < 1.29 is 14.6 Å². The van der Waals surface area contributed by atoms with E-state index in [-0.39, 0.29) is 11.3 Å². The average molecular weight is 208 g/mol. The van der Waals surface area contributed by atoms with Crippen molar-refractivity contribution in [1.29, 1.82) is 0 Å². The summed E-state index contributed by atoms with van der Waals surface area (Å²) < 4.78 is 5.19. The zero-order valence-corrected chi connectivity index (χ0v) is 9.50. The molecule has 0 unspecified atom stereocenters. The molecule has 0 aliphatic heterocycles. The number of rotatable bonds is 1. The number of benzene rings is 1. The maximum atomic E-state index is 11.7. The van der Waals surface area contributed by atoms with E-state index in [1.165, 1.54) is 6.07 Å². The minimum absolute atomic E-state index is 0.0377. The Hall–Kier alpha value is -1.51. The number of aromatic hydroxyl groups is 1. The summed E-state index contributed by atoms with van der Waals surface area (Å²) in [5.74, 6) is -0.526. The van der Waals surface area contributed by atoms with Gasteiger partial charge >= 0.3 is 5.97 Å². The molecule has 0 saturated heterocycles. The van der Waals surface area contributed by atoms with Crippen molar-refractivity contribution in [3.05, 3.63) is 29.3 Å². The topological polar surface area (TPSA) is 46.5 Å². The number of hydrogen-bond acceptors (Lipinski definition) is 3. The number of aryl methyl sites for hydroxylation is 1. The van der Waals surface area contributed by atoms with E-state index in [1.54, 1.807) is 39.8 Å². The van der Waals surface area contributed by atoms with Gasteiger partial charge < -0.3 is 9.84 Å². The summed E-state index contributed by atoms with van der Waals surface area (Å²) in [6, 6.07) is 4.93. The second-order valence-electron chi connectivity index (χ2n) is 4.47. The average Bonchev–Trinajstić information content (AvgIpc) is 1.99. The Labute approximate surface area is 89.7 Å². The van der Waals surface area contributed by atoms with E-state index in [1.807, 2.05) is 0 Å². The van der Waals surface area contributed by atoms with Crippen LogP contribution in [0.5, 0.6) is 5.75 Å². The van der Waals surface area contributed by atoms with E-state index in [0.717, 1.165) is 0 Å². The van der Waals surface area contributed by atoms with Crippen LogP contribution in [0.4, 0.5) is 0 Å². The van der Waals surface area contributed by atoms with Crippen LogP contribution in [0, 0.1) is 6.92 Å². The predicted molar refractivity (Wildman–Crippen MR) is 58.0 cm³/mol. The van der Waals surface area contributed by atoms with Gasteiger partial charge in [-0.25, -0.2) is 4.79 Å². The SMILES string of the molecule is Cc1cccc(O)c1C(=O)OC(C)(C)C. The molecule has 0 amide bonds. The van der Waals surface area contributed by atoms with Crippen molar-refractivity contribution in [2.45, 2.75) is 33.3 Å². The smallest absolute Gasteiger partial charge is 0.342 e. The van der Waals surface area contributed by atoms with Gasteiger partial charge in [0.1, 0.15) is 16.9 Å². The highest BCUT2D eigenvalue weighted by atomic mass is 16.6. The molecular formula is C12H16O3. The lowest BCUT2D eigenvalue weighted by atomic mass is 10.1. The minimum Gasteiger partial charge on any atom is -0.507 e. The second kappa shape index (κ2) is 3.93. The first-order valence-electron chi connectivity index (χ1n) is 4.83. The molecular weight excluding hydrogens is 192 g/mol. The number of esters is 1. The molecule has 0 radical (unpaired) electrons. The third kappa shape index (κ3) is 2.98. The molecule has 3 nitrogen and oxygen atoms in total. The van der Waals surface area contributed by atoms with Gasteiger partial charge in [0.05, 0.1) is 0 Å². The van der Waals surface area contributed by atoms with Crippen molar-refractivity contribution in [3.8, 4) is 5.75 Å². The summed E-state index contributed by atoms with van der Waals surface area (Å²) in [5.41, 5.74) is 0.405. The molecule has 0 saturated carbocycles. The number of phenolic OH excluding ortho intramolecular Hbond substituents is 1. The number of carbonyl (C=O) groups excluding carboxylic acids is 1. The molecule has 1 N–H and O–H groups in total. The number of ether oxygens (including phenoxy) is 1. The van der Waals surface area contributed by atoms with Crippen LogP contribution in [0.3, 0.4) is 0 Å². The van der Waals surface area contributed by atoms with Gasteiger partial charge in [-0.2, -0.15) is 0 Å². The van der Waals surface area contributed by atoms with Crippen molar-refractivity contribution in [1.82, 2.24) is 0 Å². The summed E-state index contributed by atoms with van der Waals surface area (Å²) >= 11 is 0. The van der Waals surface area contributed by atoms with E-state index in [4.69, 9.17) is 4.74 Å². The molecule has 0 aromatic heterocycles.